The standard InChI is InChI=1S/C14H24O3/c1-13(2,16)9-4-5-12(15)10-6-7-14(3,17)11(10)8-9/h9-11,16-17H,4-8H2,1-3H3/t9-,10-,11+,14-/m1/s1. The van der Waals surface area contributed by atoms with E-state index in [-0.39, 0.29) is 17.8 Å². The third-order valence-corrected chi connectivity index (χ3v) is 4.94. The van der Waals surface area contributed by atoms with Gasteiger partial charge in [0.1, 0.15) is 5.78 Å². The summed E-state index contributed by atoms with van der Waals surface area (Å²) in [6, 6.07) is 0. The van der Waals surface area contributed by atoms with Crippen molar-refractivity contribution in [3.63, 3.8) is 0 Å². The molecule has 2 aliphatic carbocycles. The molecule has 98 valence electrons. The van der Waals surface area contributed by atoms with Crippen molar-refractivity contribution in [2.24, 2.45) is 17.8 Å². The second-order valence-corrected chi connectivity index (χ2v) is 6.70. The van der Waals surface area contributed by atoms with Gasteiger partial charge in [0, 0.05) is 12.3 Å². The van der Waals surface area contributed by atoms with E-state index < -0.39 is 11.2 Å². The summed E-state index contributed by atoms with van der Waals surface area (Å²) in [6.45, 7) is 5.47. The zero-order chi connectivity index (χ0) is 12.8. The maximum atomic E-state index is 12.1. The maximum Gasteiger partial charge on any atom is 0.136 e. The number of carbonyl (C=O) groups excluding carboxylic acids is 1. The largest absolute Gasteiger partial charge is 0.390 e. The zero-order valence-corrected chi connectivity index (χ0v) is 11.1. The second-order valence-electron chi connectivity index (χ2n) is 6.70. The molecule has 0 bridgehead atoms. The topological polar surface area (TPSA) is 57.5 Å². The molecular formula is C14H24O3. The van der Waals surface area contributed by atoms with Gasteiger partial charge in [-0.25, -0.2) is 0 Å². The van der Waals surface area contributed by atoms with Crippen LogP contribution in [0.3, 0.4) is 0 Å². The molecule has 0 unspecified atom stereocenters. The molecule has 3 nitrogen and oxygen atoms in total. The highest BCUT2D eigenvalue weighted by Gasteiger charge is 2.50. The third kappa shape index (κ3) is 2.41. The monoisotopic (exact) mass is 240 g/mol. The van der Waals surface area contributed by atoms with Crippen LogP contribution in [0.4, 0.5) is 0 Å². The third-order valence-electron chi connectivity index (χ3n) is 4.94. The van der Waals surface area contributed by atoms with Crippen molar-refractivity contribution in [3.05, 3.63) is 0 Å². The second kappa shape index (κ2) is 4.06. The molecular weight excluding hydrogens is 216 g/mol. The van der Waals surface area contributed by atoms with Crippen LogP contribution in [0.2, 0.25) is 0 Å². The average molecular weight is 240 g/mol. The van der Waals surface area contributed by atoms with E-state index in [0.717, 1.165) is 19.3 Å². The highest BCUT2D eigenvalue weighted by atomic mass is 16.3. The Hall–Kier alpha value is -0.410. The smallest absolute Gasteiger partial charge is 0.136 e. The quantitative estimate of drug-likeness (QED) is 0.736. The number of rotatable bonds is 1. The minimum absolute atomic E-state index is 0.0253. The minimum Gasteiger partial charge on any atom is -0.390 e. The van der Waals surface area contributed by atoms with Gasteiger partial charge in [-0.3, -0.25) is 4.79 Å². The van der Waals surface area contributed by atoms with Gasteiger partial charge in [-0.2, -0.15) is 0 Å². The van der Waals surface area contributed by atoms with Crippen LogP contribution in [0.15, 0.2) is 0 Å². The Morgan fingerprint density at radius 1 is 1.35 bits per heavy atom. The van der Waals surface area contributed by atoms with Crippen molar-refractivity contribution in [2.45, 2.75) is 64.1 Å². The summed E-state index contributed by atoms with van der Waals surface area (Å²) >= 11 is 0. The predicted molar refractivity (Wildman–Crippen MR) is 65.5 cm³/mol. The van der Waals surface area contributed by atoms with E-state index in [2.05, 4.69) is 0 Å². The zero-order valence-electron chi connectivity index (χ0n) is 11.1. The van der Waals surface area contributed by atoms with Gasteiger partial charge in [0.05, 0.1) is 11.2 Å². The van der Waals surface area contributed by atoms with Crippen LogP contribution in [-0.4, -0.2) is 27.2 Å². The normalized spacial score (nSPS) is 43.4. The van der Waals surface area contributed by atoms with Crippen molar-refractivity contribution < 1.29 is 15.0 Å². The fourth-order valence-electron chi connectivity index (χ4n) is 3.64. The molecule has 0 aromatic rings. The molecule has 2 N–H and O–H groups in total. The van der Waals surface area contributed by atoms with Gasteiger partial charge in [-0.15, -0.1) is 0 Å². The Labute approximate surface area is 103 Å². The SMILES string of the molecule is CC(C)(O)[C@@H]1CCC(=O)[C@@H]2CC[C@@](C)(O)[C@H]2C1. The minimum atomic E-state index is -0.756. The van der Waals surface area contributed by atoms with Crippen LogP contribution in [0.1, 0.15) is 52.9 Å². The summed E-state index contributed by atoms with van der Waals surface area (Å²) < 4.78 is 0. The summed E-state index contributed by atoms with van der Waals surface area (Å²) in [5.41, 5.74) is -1.48. The van der Waals surface area contributed by atoms with Gasteiger partial charge in [-0.05, 0) is 58.3 Å². The van der Waals surface area contributed by atoms with E-state index >= 15 is 0 Å². The fraction of sp³-hybridized carbons (Fsp3) is 0.929. The van der Waals surface area contributed by atoms with Crippen LogP contribution < -0.4 is 0 Å². The Kier molecular flexibility index (Phi) is 3.11. The number of Topliss-reactive ketones (excluding diaryl/α,β-unsaturated/α-hetero) is 1. The molecule has 2 saturated carbocycles. The molecule has 2 aliphatic rings. The molecule has 3 heteroatoms. The van der Waals surface area contributed by atoms with Gasteiger partial charge < -0.3 is 10.2 Å². The fourth-order valence-corrected chi connectivity index (χ4v) is 3.64. The van der Waals surface area contributed by atoms with Crippen molar-refractivity contribution in [3.8, 4) is 0 Å². The van der Waals surface area contributed by atoms with Crippen LogP contribution in [0.25, 0.3) is 0 Å². The average Bonchev–Trinajstić information content (AvgIpc) is 2.37. The Balaban J connectivity index is 2.24. The van der Waals surface area contributed by atoms with Gasteiger partial charge >= 0.3 is 0 Å². The molecule has 0 heterocycles. The number of fused-ring (bicyclic) bond motifs is 1. The molecule has 2 fully saturated rings. The Morgan fingerprint density at radius 2 is 2.00 bits per heavy atom. The maximum absolute atomic E-state index is 12.1. The molecule has 0 radical (unpaired) electrons. The number of aliphatic hydroxyl groups is 2. The van der Waals surface area contributed by atoms with E-state index in [4.69, 9.17) is 0 Å². The van der Waals surface area contributed by atoms with Gasteiger partial charge in [0.15, 0.2) is 0 Å². The van der Waals surface area contributed by atoms with Crippen molar-refractivity contribution >= 4 is 5.78 Å². The van der Waals surface area contributed by atoms with Crippen molar-refractivity contribution in [1.29, 1.82) is 0 Å². The summed E-state index contributed by atoms with van der Waals surface area (Å²) in [6.07, 6.45) is 3.62. The first-order valence-corrected chi connectivity index (χ1v) is 6.69. The van der Waals surface area contributed by atoms with E-state index in [9.17, 15) is 15.0 Å². The van der Waals surface area contributed by atoms with Crippen LogP contribution >= 0.6 is 0 Å². The number of hydrogen-bond donors (Lipinski definition) is 2. The highest BCUT2D eigenvalue weighted by Crippen LogP contribution is 2.48. The van der Waals surface area contributed by atoms with Gasteiger partial charge in [0.25, 0.3) is 0 Å². The van der Waals surface area contributed by atoms with Crippen LogP contribution in [0, 0.1) is 17.8 Å². The molecule has 0 saturated heterocycles. The summed E-state index contributed by atoms with van der Waals surface area (Å²) in [5, 5.41) is 20.5. The summed E-state index contributed by atoms with van der Waals surface area (Å²) in [5.74, 6) is 0.469. The molecule has 4 atom stereocenters. The molecule has 0 aliphatic heterocycles. The lowest BCUT2D eigenvalue weighted by Gasteiger charge is -2.34. The molecule has 0 aromatic carbocycles. The molecule has 0 spiro atoms. The lowest BCUT2D eigenvalue weighted by molar-refractivity contribution is -0.124. The lowest BCUT2D eigenvalue weighted by Crippen LogP contribution is -2.38. The lowest BCUT2D eigenvalue weighted by atomic mass is 9.76. The van der Waals surface area contributed by atoms with Gasteiger partial charge in [-0.1, -0.05) is 0 Å². The van der Waals surface area contributed by atoms with Crippen molar-refractivity contribution in [1.82, 2.24) is 0 Å². The van der Waals surface area contributed by atoms with Gasteiger partial charge in [0.2, 0.25) is 0 Å². The molecule has 0 amide bonds. The number of hydrogen-bond acceptors (Lipinski definition) is 3. The summed E-state index contributed by atoms with van der Waals surface area (Å²) in [4.78, 5) is 12.1. The van der Waals surface area contributed by atoms with Crippen molar-refractivity contribution in [2.75, 3.05) is 0 Å². The Bertz CT molecular complexity index is 314. The first kappa shape index (κ1) is 13.0. The number of carbonyl (C=O) groups is 1. The highest BCUT2D eigenvalue weighted by molar-refractivity contribution is 5.82. The molecule has 0 aromatic heterocycles. The molecule has 2 rings (SSSR count). The number of ketones is 1. The van der Waals surface area contributed by atoms with E-state index in [0.29, 0.717) is 18.6 Å². The van der Waals surface area contributed by atoms with E-state index in [1.807, 2.05) is 20.8 Å². The van der Waals surface area contributed by atoms with E-state index in [1.165, 1.54) is 0 Å². The first-order chi connectivity index (χ1) is 7.72. The molecule has 17 heavy (non-hydrogen) atoms. The first-order valence-electron chi connectivity index (χ1n) is 6.69. The van der Waals surface area contributed by atoms with Crippen LogP contribution in [0.5, 0.6) is 0 Å². The predicted octanol–water partition coefficient (Wildman–Crippen LogP) is 1.90. The van der Waals surface area contributed by atoms with Crippen LogP contribution in [-0.2, 0) is 4.79 Å². The van der Waals surface area contributed by atoms with E-state index in [1.54, 1.807) is 0 Å². The summed E-state index contributed by atoms with van der Waals surface area (Å²) in [7, 11) is 0. The Morgan fingerprint density at radius 3 is 2.59 bits per heavy atom.